The highest BCUT2D eigenvalue weighted by atomic mass is 32.1. The Hall–Kier alpha value is -1.43. The molecule has 1 aliphatic rings. The molecule has 0 unspecified atom stereocenters. The van der Waals surface area contributed by atoms with Crippen LogP contribution in [0.5, 0.6) is 0 Å². The van der Waals surface area contributed by atoms with Gasteiger partial charge in [-0.25, -0.2) is 5.10 Å². The van der Waals surface area contributed by atoms with E-state index in [1.54, 1.807) is 0 Å². The lowest BCUT2D eigenvalue weighted by Gasteiger charge is -2.07. The fourth-order valence-corrected chi connectivity index (χ4v) is 2.01. The van der Waals surface area contributed by atoms with E-state index in [0.717, 1.165) is 37.0 Å². The molecule has 78 valence electrons. The summed E-state index contributed by atoms with van der Waals surface area (Å²) in [6, 6.07) is 0. The maximum absolute atomic E-state index is 5.25. The summed E-state index contributed by atoms with van der Waals surface area (Å²) in [5.41, 5.74) is 1.81. The van der Waals surface area contributed by atoms with Crippen LogP contribution in [0.15, 0.2) is 8.94 Å². The van der Waals surface area contributed by atoms with Crippen LogP contribution >= 0.6 is 12.2 Å². The molecule has 0 amide bonds. The monoisotopic (exact) mass is 223 g/mol. The molecular formula is C9H9N3O2S. The molecule has 0 saturated heterocycles. The number of rotatable bonds is 1. The first-order valence-corrected chi connectivity index (χ1v) is 5.29. The molecule has 1 aliphatic carbocycles. The Morgan fingerprint density at radius 2 is 2.13 bits per heavy atom. The van der Waals surface area contributed by atoms with Gasteiger partial charge >= 0.3 is 0 Å². The summed E-state index contributed by atoms with van der Waals surface area (Å²) in [4.78, 5) is 0.262. The summed E-state index contributed by atoms with van der Waals surface area (Å²) < 4.78 is 10.5. The number of hydrogen-bond donors (Lipinski definition) is 1. The number of nitrogens with zero attached hydrogens (tertiary/aromatic N) is 2. The summed E-state index contributed by atoms with van der Waals surface area (Å²) in [5.74, 6) is 1.38. The summed E-state index contributed by atoms with van der Waals surface area (Å²) in [6.45, 7) is 0. The second-order valence-electron chi connectivity index (χ2n) is 3.56. The van der Waals surface area contributed by atoms with Crippen LogP contribution in [0.4, 0.5) is 0 Å². The molecule has 0 aliphatic heterocycles. The topological polar surface area (TPSA) is 67.8 Å². The van der Waals surface area contributed by atoms with Gasteiger partial charge in [-0.3, -0.25) is 0 Å². The van der Waals surface area contributed by atoms with Crippen LogP contribution in [0.2, 0.25) is 0 Å². The Balaban J connectivity index is 2.12. The molecule has 3 rings (SSSR count). The van der Waals surface area contributed by atoms with E-state index in [4.69, 9.17) is 21.2 Å². The zero-order valence-electron chi connectivity index (χ0n) is 7.95. The van der Waals surface area contributed by atoms with Gasteiger partial charge in [0, 0.05) is 12.0 Å². The molecule has 0 fully saturated rings. The second kappa shape index (κ2) is 3.30. The van der Waals surface area contributed by atoms with Gasteiger partial charge in [0.1, 0.15) is 5.76 Å². The molecule has 0 aromatic carbocycles. The molecular weight excluding hydrogens is 214 g/mol. The molecule has 2 aromatic rings. The first kappa shape index (κ1) is 8.84. The number of aromatic amines is 1. The van der Waals surface area contributed by atoms with Crippen LogP contribution in [0, 0.1) is 4.84 Å². The van der Waals surface area contributed by atoms with Gasteiger partial charge in [-0.15, -0.1) is 5.10 Å². The molecule has 6 heteroatoms. The summed E-state index contributed by atoms with van der Waals surface area (Å²) in [7, 11) is 0. The summed E-state index contributed by atoms with van der Waals surface area (Å²) in [6.07, 6.45) is 4.24. The number of aromatic nitrogens is 3. The van der Waals surface area contributed by atoms with Crippen molar-refractivity contribution in [2.45, 2.75) is 25.7 Å². The summed E-state index contributed by atoms with van der Waals surface area (Å²) >= 11 is 4.82. The van der Waals surface area contributed by atoms with Crippen LogP contribution < -0.4 is 0 Å². The minimum Gasteiger partial charge on any atom is -0.408 e. The van der Waals surface area contributed by atoms with Crippen LogP contribution in [0.3, 0.4) is 0 Å². The number of fused-ring (bicyclic) bond motifs is 1. The van der Waals surface area contributed by atoms with Crippen molar-refractivity contribution in [3.05, 3.63) is 16.2 Å². The first-order chi connectivity index (χ1) is 7.34. The van der Waals surface area contributed by atoms with Gasteiger partial charge in [0.15, 0.2) is 5.69 Å². The fraction of sp³-hybridized carbons (Fsp3) is 0.444. The van der Waals surface area contributed by atoms with Gasteiger partial charge in [0.25, 0.3) is 10.7 Å². The molecule has 0 bridgehead atoms. The van der Waals surface area contributed by atoms with Crippen molar-refractivity contribution < 1.29 is 8.94 Å². The normalized spacial score (nSPS) is 15.2. The van der Waals surface area contributed by atoms with Crippen molar-refractivity contribution in [1.82, 2.24) is 15.4 Å². The fourth-order valence-electron chi connectivity index (χ4n) is 1.88. The standard InChI is InChI=1S/C9H9N3O2S/c15-9-11-10-8(13-9)7-5-3-1-2-4-6(5)14-12-7/h1-4H2,(H,11,15). The lowest BCUT2D eigenvalue weighted by molar-refractivity contribution is 0.372. The quantitative estimate of drug-likeness (QED) is 0.751. The average molecular weight is 223 g/mol. The second-order valence-corrected chi connectivity index (χ2v) is 3.93. The lowest BCUT2D eigenvalue weighted by atomic mass is 9.96. The van der Waals surface area contributed by atoms with E-state index < -0.39 is 0 Å². The first-order valence-electron chi connectivity index (χ1n) is 4.88. The van der Waals surface area contributed by atoms with Gasteiger partial charge in [0.05, 0.1) is 0 Å². The van der Waals surface area contributed by atoms with Crippen molar-refractivity contribution in [2.24, 2.45) is 0 Å². The predicted molar refractivity (Wildman–Crippen MR) is 53.8 cm³/mol. The van der Waals surface area contributed by atoms with Crippen molar-refractivity contribution in [3.8, 4) is 11.6 Å². The van der Waals surface area contributed by atoms with Gasteiger partial charge in [0.2, 0.25) is 0 Å². The maximum Gasteiger partial charge on any atom is 0.284 e. The van der Waals surface area contributed by atoms with Crippen molar-refractivity contribution in [2.75, 3.05) is 0 Å². The minimum absolute atomic E-state index is 0.262. The van der Waals surface area contributed by atoms with E-state index in [1.165, 1.54) is 0 Å². The Morgan fingerprint density at radius 3 is 2.93 bits per heavy atom. The molecule has 0 radical (unpaired) electrons. The third-order valence-electron chi connectivity index (χ3n) is 2.59. The minimum atomic E-state index is 0.262. The molecule has 15 heavy (non-hydrogen) atoms. The SMILES string of the molecule is S=c1[nH]nc(-c2noc3c2CCCC3)o1. The number of nitrogens with one attached hydrogen (secondary N) is 1. The Morgan fingerprint density at radius 1 is 1.27 bits per heavy atom. The van der Waals surface area contributed by atoms with Gasteiger partial charge in [-0.1, -0.05) is 5.16 Å². The highest BCUT2D eigenvalue weighted by Crippen LogP contribution is 2.29. The van der Waals surface area contributed by atoms with E-state index in [9.17, 15) is 0 Å². The van der Waals surface area contributed by atoms with Crippen molar-refractivity contribution in [3.63, 3.8) is 0 Å². The molecule has 0 spiro atoms. The van der Waals surface area contributed by atoms with Gasteiger partial charge in [-0.05, 0) is 31.5 Å². The predicted octanol–water partition coefficient (Wildman–Crippen LogP) is 2.27. The number of hydrogen-bond acceptors (Lipinski definition) is 5. The third-order valence-corrected chi connectivity index (χ3v) is 2.77. The largest absolute Gasteiger partial charge is 0.408 e. The van der Waals surface area contributed by atoms with Crippen LogP contribution in [0.25, 0.3) is 11.6 Å². The zero-order chi connectivity index (χ0) is 10.3. The lowest BCUT2D eigenvalue weighted by Crippen LogP contribution is -2.00. The van der Waals surface area contributed by atoms with E-state index in [0.29, 0.717) is 11.6 Å². The maximum atomic E-state index is 5.25. The van der Waals surface area contributed by atoms with E-state index >= 15 is 0 Å². The summed E-state index contributed by atoms with van der Waals surface area (Å²) in [5, 5.41) is 10.5. The molecule has 1 N–H and O–H groups in total. The molecule has 0 saturated carbocycles. The third kappa shape index (κ3) is 1.41. The van der Waals surface area contributed by atoms with Crippen molar-refractivity contribution in [1.29, 1.82) is 0 Å². The van der Waals surface area contributed by atoms with Crippen molar-refractivity contribution >= 4 is 12.2 Å². The highest BCUT2D eigenvalue weighted by molar-refractivity contribution is 7.71. The van der Waals surface area contributed by atoms with Crippen LogP contribution in [-0.2, 0) is 12.8 Å². The Bertz CT molecular complexity index is 540. The van der Waals surface area contributed by atoms with Crippen LogP contribution in [-0.4, -0.2) is 15.4 Å². The zero-order valence-corrected chi connectivity index (χ0v) is 8.76. The average Bonchev–Trinajstić information content (AvgIpc) is 2.83. The molecule has 0 atom stereocenters. The van der Waals surface area contributed by atoms with E-state index in [2.05, 4.69) is 15.4 Å². The highest BCUT2D eigenvalue weighted by Gasteiger charge is 2.22. The number of H-pyrrole nitrogens is 1. The Kier molecular flexibility index (Phi) is 1.95. The molecule has 2 aromatic heterocycles. The van der Waals surface area contributed by atoms with Gasteiger partial charge < -0.3 is 8.94 Å². The van der Waals surface area contributed by atoms with E-state index in [-0.39, 0.29) is 4.84 Å². The molecule has 2 heterocycles. The van der Waals surface area contributed by atoms with Gasteiger partial charge in [-0.2, -0.15) is 0 Å². The molecule has 5 nitrogen and oxygen atoms in total. The Labute approximate surface area is 90.5 Å². The number of aryl methyl sites for hydroxylation is 1. The smallest absolute Gasteiger partial charge is 0.284 e. The van der Waals surface area contributed by atoms with E-state index in [1.807, 2.05) is 0 Å². The van der Waals surface area contributed by atoms with Crippen LogP contribution in [0.1, 0.15) is 24.2 Å².